The van der Waals surface area contributed by atoms with Gasteiger partial charge in [-0.15, -0.1) is 0 Å². The predicted molar refractivity (Wildman–Crippen MR) is 129 cm³/mol. The number of carbonyl (C=O) groups is 1. The van der Waals surface area contributed by atoms with E-state index in [1.807, 2.05) is 0 Å². The fraction of sp³-hybridized carbons (Fsp3) is 0.897. The Hall–Kier alpha value is -0.630. The molecule has 31 heavy (non-hydrogen) atoms. The highest BCUT2D eigenvalue weighted by Crippen LogP contribution is 2.67. The summed E-state index contributed by atoms with van der Waals surface area (Å²) in [4.78, 5) is 13.3. The predicted octanol–water partition coefficient (Wildman–Crippen LogP) is 7.20. The molecule has 0 saturated heterocycles. The van der Waals surface area contributed by atoms with Crippen LogP contribution < -0.4 is 0 Å². The van der Waals surface area contributed by atoms with Gasteiger partial charge < -0.3 is 5.11 Å². The van der Waals surface area contributed by atoms with Crippen molar-refractivity contribution in [3.63, 3.8) is 0 Å². The SMILES string of the molecule is CC[C@H](CC(=O)[C@@H](C)[C@H]1CC[C@H]2[C@@H]3CC=C4C[C@@H](O)CC[C@]4(C)[C@H]3CC[C@]12C)C(C)C. The van der Waals surface area contributed by atoms with Crippen molar-refractivity contribution in [2.24, 2.45) is 52.3 Å². The first-order valence-corrected chi connectivity index (χ1v) is 13.5. The highest BCUT2D eigenvalue weighted by molar-refractivity contribution is 5.81. The number of Topliss-reactive ketones (excluding diaryl/α,β-unsaturated/α-hetero) is 1. The monoisotopic (exact) mass is 428 g/mol. The molecular formula is C29H48O2. The molecule has 0 heterocycles. The largest absolute Gasteiger partial charge is 0.393 e. The van der Waals surface area contributed by atoms with Gasteiger partial charge in [0, 0.05) is 12.3 Å². The number of fused-ring (bicyclic) bond motifs is 5. The van der Waals surface area contributed by atoms with E-state index < -0.39 is 0 Å². The topological polar surface area (TPSA) is 37.3 Å². The van der Waals surface area contributed by atoms with Crippen molar-refractivity contribution in [3.05, 3.63) is 11.6 Å². The zero-order valence-electron chi connectivity index (χ0n) is 21.1. The van der Waals surface area contributed by atoms with Crippen LogP contribution in [0, 0.1) is 52.3 Å². The summed E-state index contributed by atoms with van der Waals surface area (Å²) in [6.45, 7) is 14.1. The zero-order chi connectivity index (χ0) is 22.6. The van der Waals surface area contributed by atoms with Gasteiger partial charge in [-0.25, -0.2) is 0 Å². The van der Waals surface area contributed by atoms with E-state index in [0.29, 0.717) is 34.4 Å². The quantitative estimate of drug-likeness (QED) is 0.454. The van der Waals surface area contributed by atoms with Crippen LogP contribution in [0.3, 0.4) is 0 Å². The first kappa shape index (κ1) is 23.5. The van der Waals surface area contributed by atoms with E-state index in [-0.39, 0.29) is 12.0 Å². The van der Waals surface area contributed by atoms with E-state index in [1.54, 1.807) is 5.57 Å². The number of aliphatic hydroxyl groups excluding tert-OH is 1. The van der Waals surface area contributed by atoms with Crippen LogP contribution in [0.4, 0.5) is 0 Å². The molecule has 0 aromatic heterocycles. The van der Waals surface area contributed by atoms with Crippen molar-refractivity contribution < 1.29 is 9.90 Å². The lowest BCUT2D eigenvalue weighted by Crippen LogP contribution is -2.51. The number of allylic oxidation sites excluding steroid dienone is 1. The fourth-order valence-electron chi connectivity index (χ4n) is 9.02. The summed E-state index contributed by atoms with van der Waals surface area (Å²) in [6.07, 6.45) is 13.8. The van der Waals surface area contributed by atoms with Crippen molar-refractivity contribution in [1.29, 1.82) is 0 Å². The van der Waals surface area contributed by atoms with Crippen molar-refractivity contribution in [2.45, 2.75) is 112 Å². The third-order valence-electron chi connectivity index (χ3n) is 11.2. The summed E-state index contributed by atoms with van der Waals surface area (Å²) >= 11 is 0. The van der Waals surface area contributed by atoms with Gasteiger partial charge in [-0.3, -0.25) is 4.79 Å². The Morgan fingerprint density at radius 3 is 2.52 bits per heavy atom. The van der Waals surface area contributed by atoms with Crippen LogP contribution in [-0.4, -0.2) is 17.0 Å². The number of hydrogen-bond donors (Lipinski definition) is 1. The molecule has 1 N–H and O–H groups in total. The van der Waals surface area contributed by atoms with Gasteiger partial charge in [0.25, 0.3) is 0 Å². The Balaban J connectivity index is 1.51. The molecule has 4 rings (SSSR count). The summed E-state index contributed by atoms with van der Waals surface area (Å²) < 4.78 is 0. The van der Waals surface area contributed by atoms with Gasteiger partial charge in [-0.2, -0.15) is 0 Å². The molecule has 0 spiro atoms. The molecule has 0 unspecified atom stereocenters. The molecule has 9 atom stereocenters. The van der Waals surface area contributed by atoms with Gasteiger partial charge in [0.2, 0.25) is 0 Å². The minimum absolute atomic E-state index is 0.120. The van der Waals surface area contributed by atoms with Crippen molar-refractivity contribution in [1.82, 2.24) is 0 Å². The zero-order valence-corrected chi connectivity index (χ0v) is 21.1. The van der Waals surface area contributed by atoms with Gasteiger partial charge in [0.05, 0.1) is 6.10 Å². The van der Waals surface area contributed by atoms with Crippen LogP contribution >= 0.6 is 0 Å². The van der Waals surface area contributed by atoms with Crippen LogP contribution in [0.25, 0.3) is 0 Å². The lowest BCUT2D eigenvalue weighted by Gasteiger charge is -2.58. The van der Waals surface area contributed by atoms with Gasteiger partial charge in [0.1, 0.15) is 5.78 Å². The van der Waals surface area contributed by atoms with E-state index in [0.717, 1.165) is 49.9 Å². The van der Waals surface area contributed by atoms with E-state index in [4.69, 9.17) is 0 Å². The third kappa shape index (κ3) is 3.87. The second-order valence-corrected chi connectivity index (χ2v) is 12.8. The van der Waals surface area contributed by atoms with Crippen LogP contribution in [0.1, 0.15) is 106 Å². The van der Waals surface area contributed by atoms with Crippen molar-refractivity contribution in [3.8, 4) is 0 Å². The van der Waals surface area contributed by atoms with E-state index in [9.17, 15) is 9.90 Å². The second-order valence-electron chi connectivity index (χ2n) is 12.8. The number of ketones is 1. The number of rotatable bonds is 6. The molecule has 4 aliphatic rings. The molecule has 2 heteroatoms. The van der Waals surface area contributed by atoms with Crippen molar-refractivity contribution in [2.75, 3.05) is 0 Å². The normalized spacial score (nSPS) is 44.1. The third-order valence-corrected chi connectivity index (χ3v) is 11.2. The lowest BCUT2D eigenvalue weighted by molar-refractivity contribution is -0.128. The summed E-state index contributed by atoms with van der Waals surface area (Å²) in [5.41, 5.74) is 2.22. The fourth-order valence-corrected chi connectivity index (χ4v) is 9.02. The summed E-state index contributed by atoms with van der Waals surface area (Å²) in [5.74, 6) is 4.81. The molecular weight excluding hydrogens is 380 g/mol. The lowest BCUT2D eigenvalue weighted by atomic mass is 9.47. The van der Waals surface area contributed by atoms with Gasteiger partial charge in [0.15, 0.2) is 0 Å². The van der Waals surface area contributed by atoms with Crippen LogP contribution in [0.15, 0.2) is 11.6 Å². The molecule has 3 fully saturated rings. The Kier molecular flexibility index (Phi) is 6.54. The Morgan fingerprint density at radius 1 is 1.10 bits per heavy atom. The van der Waals surface area contributed by atoms with Crippen LogP contribution in [0.2, 0.25) is 0 Å². The molecule has 176 valence electrons. The highest BCUT2D eigenvalue weighted by atomic mass is 16.3. The first-order chi connectivity index (χ1) is 14.6. The number of aliphatic hydroxyl groups is 1. The maximum absolute atomic E-state index is 13.3. The van der Waals surface area contributed by atoms with E-state index in [2.05, 4.69) is 47.6 Å². The Bertz CT molecular complexity index is 708. The smallest absolute Gasteiger partial charge is 0.136 e. The average molecular weight is 429 g/mol. The van der Waals surface area contributed by atoms with Gasteiger partial charge in [-0.1, -0.05) is 59.6 Å². The highest BCUT2D eigenvalue weighted by Gasteiger charge is 2.59. The maximum atomic E-state index is 13.3. The maximum Gasteiger partial charge on any atom is 0.136 e. The number of carbonyl (C=O) groups excluding carboxylic acids is 1. The summed E-state index contributed by atoms with van der Waals surface area (Å²) in [6, 6.07) is 0. The Labute approximate surface area is 191 Å². The van der Waals surface area contributed by atoms with Gasteiger partial charge >= 0.3 is 0 Å². The molecule has 3 saturated carbocycles. The average Bonchev–Trinajstić information content (AvgIpc) is 3.08. The molecule has 0 aliphatic heterocycles. The molecule has 4 aliphatic carbocycles. The Morgan fingerprint density at radius 2 is 1.84 bits per heavy atom. The van der Waals surface area contributed by atoms with Crippen LogP contribution in [0.5, 0.6) is 0 Å². The standard InChI is InChI=1S/C29H48O2/c1-7-20(18(2)3)16-27(31)19(4)24-10-11-25-23-9-8-21-17-22(30)12-14-28(21,5)26(23)13-15-29(24,25)6/h8,18-20,22-26,30H,7,9-17H2,1-6H3/t19-,20+,22-,23-,24+,25-,26-,28-,29+/m0/s1. The molecule has 0 bridgehead atoms. The molecule has 2 nitrogen and oxygen atoms in total. The first-order valence-electron chi connectivity index (χ1n) is 13.5. The van der Waals surface area contributed by atoms with E-state index in [1.165, 1.54) is 32.1 Å². The van der Waals surface area contributed by atoms with Gasteiger partial charge in [-0.05, 0) is 97.7 Å². The van der Waals surface area contributed by atoms with Crippen molar-refractivity contribution >= 4 is 5.78 Å². The molecule has 0 aromatic carbocycles. The minimum Gasteiger partial charge on any atom is -0.393 e. The summed E-state index contributed by atoms with van der Waals surface area (Å²) in [7, 11) is 0. The minimum atomic E-state index is -0.120. The summed E-state index contributed by atoms with van der Waals surface area (Å²) in [5, 5.41) is 10.2. The van der Waals surface area contributed by atoms with Crippen LogP contribution in [-0.2, 0) is 4.79 Å². The molecule has 0 amide bonds. The molecule has 0 radical (unpaired) electrons. The molecule has 0 aromatic rings. The second kappa shape index (κ2) is 8.62. The number of hydrogen-bond acceptors (Lipinski definition) is 2. The van der Waals surface area contributed by atoms with E-state index >= 15 is 0 Å².